The Balaban J connectivity index is 1.18. The third kappa shape index (κ3) is 2.92. The highest BCUT2D eigenvalue weighted by molar-refractivity contribution is 6.30. The van der Waals surface area contributed by atoms with Crippen molar-refractivity contribution in [3.05, 3.63) is 17.2 Å². The van der Waals surface area contributed by atoms with Crippen LogP contribution in [-0.4, -0.2) is 77.1 Å². The number of ether oxygens (including phenoxy) is 2. The summed E-state index contributed by atoms with van der Waals surface area (Å²) in [6.07, 6.45) is 7.97. The minimum atomic E-state index is -0.997. The van der Waals surface area contributed by atoms with E-state index in [4.69, 9.17) is 26.1 Å². The normalized spacial score (nSPS) is 35.9. The van der Waals surface area contributed by atoms with Crippen LogP contribution in [0.4, 0.5) is 14.6 Å². The fourth-order valence-corrected chi connectivity index (χ4v) is 7.71. The highest BCUT2D eigenvalue weighted by Crippen LogP contribution is 2.72. The van der Waals surface area contributed by atoms with Crippen LogP contribution in [0.5, 0.6) is 6.01 Å². The fraction of sp³-hybridized carbons (Fsp3) is 0.720. The molecule has 3 saturated heterocycles. The number of alkyl halides is 1. The quantitative estimate of drug-likeness (QED) is 0.588. The number of rotatable bonds is 4. The second kappa shape index (κ2) is 6.92. The van der Waals surface area contributed by atoms with E-state index < -0.39 is 12.0 Å². The van der Waals surface area contributed by atoms with Crippen molar-refractivity contribution < 1.29 is 18.3 Å². The summed E-state index contributed by atoms with van der Waals surface area (Å²) >= 11 is 6.01. The van der Waals surface area contributed by atoms with Gasteiger partial charge in [0.1, 0.15) is 24.1 Å². The van der Waals surface area contributed by atoms with E-state index >= 15 is 4.39 Å². The van der Waals surface area contributed by atoms with E-state index in [1.54, 1.807) is 0 Å². The van der Waals surface area contributed by atoms with Crippen LogP contribution in [0, 0.1) is 22.6 Å². The molecule has 0 bridgehead atoms. The Morgan fingerprint density at radius 3 is 2.83 bits per heavy atom. The zero-order valence-corrected chi connectivity index (χ0v) is 20.2. The second-order valence-corrected chi connectivity index (χ2v) is 12.1. The molecule has 35 heavy (non-hydrogen) atoms. The topological polar surface area (TPSA) is 63.6 Å². The van der Waals surface area contributed by atoms with E-state index in [1.807, 2.05) is 4.90 Å². The molecule has 5 heterocycles. The number of hydrogen-bond donors (Lipinski definition) is 0. The molecule has 3 saturated carbocycles. The Hall–Kier alpha value is -1.84. The van der Waals surface area contributed by atoms with Gasteiger partial charge in [-0.05, 0) is 55.9 Å². The van der Waals surface area contributed by atoms with Crippen molar-refractivity contribution >= 4 is 28.3 Å². The zero-order chi connectivity index (χ0) is 23.6. The molecule has 7 nitrogen and oxygen atoms in total. The smallest absolute Gasteiger partial charge is 0.319 e. The minimum Gasteiger partial charge on any atom is -0.461 e. The molecule has 6 fully saturated rings. The molecule has 6 aliphatic rings. The van der Waals surface area contributed by atoms with Crippen molar-refractivity contribution in [1.29, 1.82) is 0 Å². The van der Waals surface area contributed by atoms with Gasteiger partial charge in [-0.3, -0.25) is 4.90 Å². The molecule has 1 unspecified atom stereocenters. The largest absolute Gasteiger partial charge is 0.461 e. The third-order valence-electron chi connectivity index (χ3n) is 9.95. The first-order valence-electron chi connectivity index (χ1n) is 12.8. The molecular formula is C25H28ClF2N5O2. The average molecular weight is 504 g/mol. The Morgan fingerprint density at radius 1 is 1.17 bits per heavy atom. The molecule has 0 radical (unpaired) electrons. The number of hydrogen-bond acceptors (Lipinski definition) is 7. The van der Waals surface area contributed by atoms with Crippen molar-refractivity contribution in [3.8, 4) is 6.01 Å². The molecular weight excluding hydrogens is 476 g/mol. The van der Waals surface area contributed by atoms with Gasteiger partial charge in [0.15, 0.2) is 11.0 Å². The van der Waals surface area contributed by atoms with Gasteiger partial charge < -0.3 is 14.4 Å². The number of fused-ring (bicyclic) bond motifs is 4. The van der Waals surface area contributed by atoms with E-state index in [0.29, 0.717) is 48.4 Å². The first kappa shape index (κ1) is 21.3. The van der Waals surface area contributed by atoms with Gasteiger partial charge in [0, 0.05) is 25.2 Å². The van der Waals surface area contributed by atoms with Gasteiger partial charge in [0.2, 0.25) is 0 Å². The monoisotopic (exact) mass is 503 g/mol. The Labute approximate surface area is 207 Å². The van der Waals surface area contributed by atoms with Crippen LogP contribution >= 0.6 is 11.6 Å². The zero-order valence-electron chi connectivity index (χ0n) is 19.5. The highest BCUT2D eigenvalue weighted by atomic mass is 35.5. The molecule has 2 spiro atoms. The third-order valence-corrected chi connectivity index (χ3v) is 10.2. The molecule has 4 atom stereocenters. The lowest BCUT2D eigenvalue weighted by atomic mass is 9.78. The highest BCUT2D eigenvalue weighted by Gasteiger charge is 2.72. The Morgan fingerprint density at radius 2 is 2.03 bits per heavy atom. The first-order chi connectivity index (χ1) is 16.9. The summed E-state index contributed by atoms with van der Waals surface area (Å²) in [4.78, 5) is 17.7. The van der Waals surface area contributed by atoms with Crippen LogP contribution < -0.4 is 9.64 Å². The van der Waals surface area contributed by atoms with Gasteiger partial charge >= 0.3 is 6.01 Å². The first-order valence-corrected chi connectivity index (χ1v) is 13.2. The van der Waals surface area contributed by atoms with E-state index in [9.17, 15) is 4.39 Å². The molecule has 0 amide bonds. The lowest BCUT2D eigenvalue weighted by molar-refractivity contribution is 0.0640. The molecule has 10 heteroatoms. The lowest BCUT2D eigenvalue weighted by Gasteiger charge is -2.37. The Bertz CT molecular complexity index is 1240. The SMILES string of the molecule is Fc1c(Cl)ncc2c(N3CCOC[C@H]4[C@H](F)[C@H]43)nc(OCC34CC5(CC5)CN3CCC43CC3)nc12. The summed E-state index contributed by atoms with van der Waals surface area (Å²) in [5, 5.41) is 0.167. The molecule has 8 rings (SSSR count). The molecule has 3 aliphatic heterocycles. The molecule has 2 aromatic rings. The summed E-state index contributed by atoms with van der Waals surface area (Å²) in [5.41, 5.74) is 0.874. The molecule has 0 N–H and O–H groups in total. The van der Waals surface area contributed by atoms with Gasteiger partial charge in [0.25, 0.3) is 0 Å². The van der Waals surface area contributed by atoms with Gasteiger partial charge in [-0.25, -0.2) is 13.8 Å². The van der Waals surface area contributed by atoms with Gasteiger partial charge in [-0.15, -0.1) is 0 Å². The van der Waals surface area contributed by atoms with Gasteiger partial charge in [-0.1, -0.05) is 11.6 Å². The second-order valence-electron chi connectivity index (χ2n) is 11.8. The van der Waals surface area contributed by atoms with Crippen molar-refractivity contribution in [3.63, 3.8) is 0 Å². The summed E-state index contributed by atoms with van der Waals surface area (Å²) < 4.78 is 41.7. The van der Waals surface area contributed by atoms with Crippen LogP contribution in [0.1, 0.15) is 38.5 Å². The molecule has 3 aliphatic carbocycles. The van der Waals surface area contributed by atoms with E-state index in [1.165, 1.54) is 44.7 Å². The summed E-state index contributed by atoms with van der Waals surface area (Å²) in [5.74, 6) is -0.461. The number of nitrogens with zero attached hydrogens (tertiary/aromatic N) is 5. The van der Waals surface area contributed by atoms with E-state index in [2.05, 4.69) is 14.9 Å². The van der Waals surface area contributed by atoms with Crippen LogP contribution in [0.3, 0.4) is 0 Å². The van der Waals surface area contributed by atoms with Crippen LogP contribution in [-0.2, 0) is 4.74 Å². The average Bonchev–Trinajstić information content (AvgIpc) is 3.76. The van der Waals surface area contributed by atoms with Gasteiger partial charge in [0.05, 0.1) is 30.2 Å². The van der Waals surface area contributed by atoms with Crippen molar-refractivity contribution in [2.45, 2.75) is 56.3 Å². The van der Waals surface area contributed by atoms with Crippen molar-refractivity contribution in [1.82, 2.24) is 19.9 Å². The maximum atomic E-state index is 15.1. The predicted octanol–water partition coefficient (Wildman–Crippen LogP) is 3.78. The maximum absolute atomic E-state index is 15.1. The van der Waals surface area contributed by atoms with Crippen molar-refractivity contribution in [2.24, 2.45) is 16.7 Å². The van der Waals surface area contributed by atoms with Crippen molar-refractivity contribution in [2.75, 3.05) is 44.4 Å². The fourth-order valence-electron chi connectivity index (χ4n) is 7.57. The van der Waals surface area contributed by atoms with Crippen LogP contribution in [0.2, 0.25) is 5.15 Å². The number of aromatic nitrogens is 3. The molecule has 0 aromatic carbocycles. The molecule has 2 aromatic heterocycles. The summed E-state index contributed by atoms with van der Waals surface area (Å²) in [6, 6.07) is -0.217. The Kier molecular flexibility index (Phi) is 4.21. The van der Waals surface area contributed by atoms with Crippen LogP contribution in [0.25, 0.3) is 10.9 Å². The lowest BCUT2D eigenvalue weighted by Crippen LogP contribution is -2.49. The van der Waals surface area contributed by atoms with E-state index in [-0.39, 0.29) is 34.2 Å². The van der Waals surface area contributed by atoms with Crippen LogP contribution in [0.15, 0.2) is 6.20 Å². The molecule has 186 valence electrons. The maximum Gasteiger partial charge on any atom is 0.319 e. The van der Waals surface area contributed by atoms with E-state index in [0.717, 1.165) is 13.1 Å². The minimum absolute atomic E-state index is 0.0124. The predicted molar refractivity (Wildman–Crippen MR) is 125 cm³/mol. The number of anilines is 1. The standard InChI is InChI=1S/C25H28ClF2N5O2/c26-20-17(28)18-14(9-29-20)21(33-7-8-34-10-15-16(27)19(15)33)31-22(30-18)35-13-25-11-23(1-2-23)12-32(25)6-5-24(25)3-4-24/h9,15-16,19H,1-8,10-13H2/t15-,16-,19-,25?/m0/s1. The van der Waals surface area contributed by atoms with Gasteiger partial charge in [-0.2, -0.15) is 9.97 Å². The number of pyridine rings is 1. The summed E-state index contributed by atoms with van der Waals surface area (Å²) in [6.45, 7) is 4.08. The summed E-state index contributed by atoms with van der Waals surface area (Å²) in [7, 11) is 0. The number of halogens is 3.